The van der Waals surface area contributed by atoms with E-state index in [1.54, 1.807) is 42.7 Å². The van der Waals surface area contributed by atoms with E-state index in [0.717, 1.165) is 5.56 Å². The summed E-state index contributed by atoms with van der Waals surface area (Å²) in [5.41, 5.74) is 9.26. The molecule has 1 aromatic carbocycles. The number of anilines is 1. The van der Waals surface area contributed by atoms with Crippen molar-refractivity contribution >= 4 is 11.9 Å². The summed E-state index contributed by atoms with van der Waals surface area (Å²) in [5, 5.41) is 12.0. The SMILES string of the molecule is CC(C)(C)OC(CC([NH])=O)Nc1nc(-c2ccc(C#N)cc2)cc(-c2ncc[nH]2)n1. The molecule has 0 spiro atoms. The number of ether oxygens (including phenoxy) is 1. The summed E-state index contributed by atoms with van der Waals surface area (Å²) < 4.78 is 5.87. The molecule has 0 bridgehead atoms. The number of aromatic nitrogens is 4. The summed E-state index contributed by atoms with van der Waals surface area (Å²) in [7, 11) is 0. The smallest absolute Gasteiger partial charge is 0.242 e. The summed E-state index contributed by atoms with van der Waals surface area (Å²) in [4.78, 5) is 27.7. The van der Waals surface area contributed by atoms with Gasteiger partial charge in [0.2, 0.25) is 11.9 Å². The van der Waals surface area contributed by atoms with Gasteiger partial charge in [0.25, 0.3) is 0 Å². The summed E-state index contributed by atoms with van der Waals surface area (Å²) >= 11 is 0. The number of hydrogen-bond donors (Lipinski definition) is 2. The van der Waals surface area contributed by atoms with Gasteiger partial charge in [-0.2, -0.15) is 5.26 Å². The van der Waals surface area contributed by atoms with Crippen LogP contribution in [0.3, 0.4) is 0 Å². The predicted molar refractivity (Wildman–Crippen MR) is 111 cm³/mol. The Morgan fingerprint density at radius 3 is 2.53 bits per heavy atom. The number of carbonyl (C=O) groups is 1. The first-order valence-corrected chi connectivity index (χ1v) is 9.31. The Morgan fingerprint density at radius 1 is 1.27 bits per heavy atom. The van der Waals surface area contributed by atoms with Gasteiger partial charge in [0.05, 0.1) is 29.3 Å². The third kappa shape index (κ3) is 5.62. The van der Waals surface area contributed by atoms with E-state index >= 15 is 0 Å². The van der Waals surface area contributed by atoms with Crippen LogP contribution in [0, 0.1) is 11.3 Å². The Kier molecular flexibility index (Phi) is 6.09. The quantitative estimate of drug-likeness (QED) is 0.576. The van der Waals surface area contributed by atoms with Crippen LogP contribution in [-0.4, -0.2) is 37.7 Å². The first kappa shape index (κ1) is 21.0. The molecular weight excluding hydrogens is 382 g/mol. The van der Waals surface area contributed by atoms with Crippen LogP contribution in [0.4, 0.5) is 5.95 Å². The number of amides is 1. The summed E-state index contributed by atoms with van der Waals surface area (Å²) in [6.07, 6.45) is 2.39. The van der Waals surface area contributed by atoms with Crippen molar-refractivity contribution in [1.82, 2.24) is 25.7 Å². The van der Waals surface area contributed by atoms with E-state index < -0.39 is 17.7 Å². The highest BCUT2D eigenvalue weighted by molar-refractivity contribution is 5.74. The maximum Gasteiger partial charge on any atom is 0.242 e. The molecule has 3 N–H and O–H groups in total. The number of rotatable bonds is 7. The van der Waals surface area contributed by atoms with E-state index in [-0.39, 0.29) is 12.4 Å². The minimum atomic E-state index is -0.768. The maximum atomic E-state index is 11.4. The fraction of sp³-hybridized carbons (Fsp3) is 0.286. The number of imidazole rings is 1. The lowest BCUT2D eigenvalue weighted by Gasteiger charge is -2.27. The molecule has 0 aliphatic rings. The molecule has 0 fully saturated rings. The van der Waals surface area contributed by atoms with E-state index in [9.17, 15) is 4.79 Å². The van der Waals surface area contributed by atoms with Gasteiger partial charge in [0.15, 0.2) is 5.82 Å². The van der Waals surface area contributed by atoms with E-state index in [0.29, 0.717) is 22.8 Å². The highest BCUT2D eigenvalue weighted by Crippen LogP contribution is 2.25. The van der Waals surface area contributed by atoms with Crippen LogP contribution < -0.4 is 11.1 Å². The van der Waals surface area contributed by atoms with Gasteiger partial charge >= 0.3 is 0 Å². The maximum absolute atomic E-state index is 11.4. The van der Waals surface area contributed by atoms with Gasteiger partial charge in [-0.1, -0.05) is 12.1 Å². The molecule has 1 radical (unpaired) electrons. The van der Waals surface area contributed by atoms with Gasteiger partial charge in [-0.15, -0.1) is 0 Å². The fourth-order valence-corrected chi connectivity index (χ4v) is 2.76. The lowest BCUT2D eigenvalue weighted by Crippen LogP contribution is -2.35. The van der Waals surface area contributed by atoms with Gasteiger partial charge < -0.3 is 15.0 Å². The molecule has 3 rings (SSSR count). The Bertz CT molecular complexity index is 1050. The largest absolute Gasteiger partial charge is 0.352 e. The molecule has 2 heterocycles. The van der Waals surface area contributed by atoms with Crippen molar-refractivity contribution in [2.75, 3.05) is 5.32 Å². The van der Waals surface area contributed by atoms with Gasteiger partial charge in [0, 0.05) is 18.0 Å². The highest BCUT2D eigenvalue weighted by Gasteiger charge is 2.22. The third-order valence-corrected chi connectivity index (χ3v) is 3.93. The molecule has 9 nitrogen and oxygen atoms in total. The average molecular weight is 404 g/mol. The average Bonchev–Trinajstić information content (AvgIpc) is 3.21. The number of hydrogen-bond acceptors (Lipinski definition) is 7. The van der Waals surface area contributed by atoms with Crippen molar-refractivity contribution in [3.63, 3.8) is 0 Å². The Hall–Kier alpha value is -3.77. The molecule has 1 amide bonds. The van der Waals surface area contributed by atoms with Crippen LogP contribution in [0.5, 0.6) is 0 Å². The van der Waals surface area contributed by atoms with Crippen LogP contribution in [0.25, 0.3) is 22.8 Å². The number of carbonyl (C=O) groups excluding carboxylic acids is 1. The van der Waals surface area contributed by atoms with Gasteiger partial charge in [-0.3, -0.25) is 10.5 Å². The molecule has 0 saturated carbocycles. The van der Waals surface area contributed by atoms with Crippen molar-refractivity contribution in [2.24, 2.45) is 0 Å². The lowest BCUT2D eigenvalue weighted by atomic mass is 10.1. The van der Waals surface area contributed by atoms with Crippen LogP contribution >= 0.6 is 0 Å². The lowest BCUT2D eigenvalue weighted by molar-refractivity contribution is -0.123. The van der Waals surface area contributed by atoms with Crippen molar-refractivity contribution in [2.45, 2.75) is 39.0 Å². The normalized spacial score (nSPS) is 12.2. The van der Waals surface area contributed by atoms with Crippen molar-refractivity contribution < 1.29 is 9.53 Å². The number of nitrogens with zero attached hydrogens (tertiary/aromatic N) is 4. The molecule has 1 atom stereocenters. The van der Waals surface area contributed by atoms with Crippen LogP contribution in [0.1, 0.15) is 32.8 Å². The van der Waals surface area contributed by atoms with E-state index in [1.165, 1.54) is 0 Å². The Labute approximate surface area is 174 Å². The molecule has 0 aliphatic carbocycles. The Balaban J connectivity index is 2.00. The minimum absolute atomic E-state index is 0.155. The van der Waals surface area contributed by atoms with Crippen LogP contribution in [0.15, 0.2) is 42.7 Å². The van der Waals surface area contributed by atoms with Crippen LogP contribution in [-0.2, 0) is 9.53 Å². The zero-order valence-corrected chi connectivity index (χ0v) is 16.9. The summed E-state index contributed by atoms with van der Waals surface area (Å²) in [6.45, 7) is 5.58. The predicted octanol–water partition coefficient (Wildman–Crippen LogP) is 3.16. The van der Waals surface area contributed by atoms with E-state index in [2.05, 4.69) is 31.3 Å². The van der Waals surface area contributed by atoms with E-state index in [4.69, 9.17) is 15.7 Å². The molecule has 0 aliphatic heterocycles. The monoisotopic (exact) mass is 404 g/mol. The molecule has 153 valence electrons. The molecular formula is C21H22N7O2. The highest BCUT2D eigenvalue weighted by atomic mass is 16.5. The number of nitrogens with one attached hydrogen (secondary N) is 3. The minimum Gasteiger partial charge on any atom is -0.352 e. The molecule has 3 aromatic rings. The van der Waals surface area contributed by atoms with E-state index in [1.807, 2.05) is 20.8 Å². The Morgan fingerprint density at radius 2 is 1.97 bits per heavy atom. The molecule has 9 heteroatoms. The van der Waals surface area contributed by atoms with Gasteiger partial charge in [0.1, 0.15) is 11.9 Å². The number of benzene rings is 1. The molecule has 0 saturated heterocycles. The summed E-state index contributed by atoms with van der Waals surface area (Å²) in [5.74, 6) is 0.0326. The summed E-state index contributed by atoms with van der Waals surface area (Å²) in [6, 6.07) is 10.9. The second-order valence-corrected chi connectivity index (χ2v) is 7.58. The second kappa shape index (κ2) is 8.71. The third-order valence-electron chi connectivity index (χ3n) is 3.93. The fourth-order valence-electron chi connectivity index (χ4n) is 2.76. The zero-order chi connectivity index (χ0) is 21.7. The first-order valence-electron chi connectivity index (χ1n) is 9.31. The molecule has 30 heavy (non-hydrogen) atoms. The molecule has 2 aromatic heterocycles. The van der Waals surface area contributed by atoms with Gasteiger partial charge in [-0.25, -0.2) is 15.0 Å². The number of H-pyrrole nitrogens is 1. The van der Waals surface area contributed by atoms with Crippen molar-refractivity contribution in [3.8, 4) is 28.8 Å². The topological polar surface area (TPSA) is 140 Å². The van der Waals surface area contributed by atoms with Crippen molar-refractivity contribution in [1.29, 1.82) is 5.26 Å². The van der Waals surface area contributed by atoms with Crippen molar-refractivity contribution in [3.05, 3.63) is 48.3 Å². The second-order valence-electron chi connectivity index (χ2n) is 7.58. The standard InChI is InChI=1S/C21H22N7O2/c1-21(2,3)30-18(11-17(23)29)28-20-26-15(14-6-4-13(12-22)5-7-14)10-16(27-20)19-24-8-9-25-19/h4-10,18,23H,11H2,1-3H3,(H,24,25)(H,26,27,28). The number of aromatic amines is 1. The zero-order valence-electron chi connectivity index (χ0n) is 16.9. The number of nitriles is 1. The van der Waals surface area contributed by atoms with Gasteiger partial charge in [-0.05, 0) is 39.0 Å². The molecule has 1 unspecified atom stereocenters. The first-order chi connectivity index (χ1) is 14.2. The van der Waals surface area contributed by atoms with Crippen LogP contribution in [0.2, 0.25) is 0 Å².